The van der Waals surface area contributed by atoms with Gasteiger partial charge in [-0.1, -0.05) is 29.8 Å². The van der Waals surface area contributed by atoms with Gasteiger partial charge in [-0.25, -0.2) is 0 Å². The Balaban J connectivity index is 2.06. The van der Waals surface area contributed by atoms with E-state index >= 15 is 0 Å². The molecule has 2 aromatic rings. The molecule has 0 amide bonds. The molecule has 0 saturated carbocycles. The number of nitro benzene ring substituents is 1. The number of nitro groups is 1. The van der Waals surface area contributed by atoms with Crippen LogP contribution in [0.2, 0.25) is 0 Å². The summed E-state index contributed by atoms with van der Waals surface area (Å²) in [7, 11) is 1.54. The number of rotatable bonds is 6. The molecule has 1 N–H and O–H groups in total. The summed E-state index contributed by atoms with van der Waals surface area (Å²) in [6.45, 7) is 2.67. The minimum Gasteiger partial charge on any atom is -0.497 e. The number of anilines is 1. The van der Waals surface area contributed by atoms with E-state index in [0.29, 0.717) is 18.0 Å². The molecule has 0 atom stereocenters. The van der Waals surface area contributed by atoms with Crippen LogP contribution in [0.1, 0.15) is 11.1 Å². The van der Waals surface area contributed by atoms with Crippen LogP contribution in [0.3, 0.4) is 0 Å². The molecule has 0 aromatic heterocycles. The maximum absolute atomic E-state index is 11.0. The molecule has 0 bridgehead atoms. The number of ether oxygens (including phenoxy) is 1. The van der Waals surface area contributed by atoms with Crippen LogP contribution >= 0.6 is 0 Å². The van der Waals surface area contributed by atoms with E-state index in [2.05, 4.69) is 17.4 Å². The van der Waals surface area contributed by atoms with E-state index in [1.807, 2.05) is 19.1 Å². The lowest BCUT2D eigenvalue weighted by atomic mass is 10.1. The lowest BCUT2D eigenvalue weighted by Gasteiger charge is -2.09. The number of methoxy groups -OCH3 is 1. The van der Waals surface area contributed by atoms with Crippen LogP contribution in [0.5, 0.6) is 5.75 Å². The van der Waals surface area contributed by atoms with Crippen LogP contribution in [0, 0.1) is 17.0 Å². The third-order valence-corrected chi connectivity index (χ3v) is 3.21. The lowest BCUT2D eigenvalue weighted by molar-refractivity contribution is -0.384. The van der Waals surface area contributed by atoms with Gasteiger partial charge in [0.2, 0.25) is 0 Å². The molecule has 5 heteroatoms. The van der Waals surface area contributed by atoms with Crippen LogP contribution in [-0.2, 0) is 6.42 Å². The van der Waals surface area contributed by atoms with Crippen molar-refractivity contribution in [2.75, 3.05) is 19.0 Å². The highest BCUT2D eigenvalue weighted by atomic mass is 16.6. The third-order valence-electron chi connectivity index (χ3n) is 3.21. The maximum atomic E-state index is 11.0. The van der Waals surface area contributed by atoms with Crippen molar-refractivity contribution in [3.05, 3.63) is 63.7 Å². The number of benzene rings is 2. The normalized spacial score (nSPS) is 10.2. The summed E-state index contributed by atoms with van der Waals surface area (Å²) in [5, 5.41) is 14.1. The van der Waals surface area contributed by atoms with Crippen LogP contribution in [0.4, 0.5) is 11.4 Å². The predicted molar refractivity (Wildman–Crippen MR) is 83.0 cm³/mol. The van der Waals surface area contributed by atoms with Crippen LogP contribution < -0.4 is 10.1 Å². The molecule has 0 radical (unpaired) electrons. The Morgan fingerprint density at radius 3 is 2.71 bits per heavy atom. The Bertz CT molecular complexity index is 641. The van der Waals surface area contributed by atoms with Gasteiger partial charge in [0.15, 0.2) is 0 Å². The second-order valence-corrected chi connectivity index (χ2v) is 4.81. The highest BCUT2D eigenvalue weighted by molar-refractivity contribution is 5.64. The summed E-state index contributed by atoms with van der Waals surface area (Å²) >= 11 is 0. The summed E-state index contributed by atoms with van der Waals surface area (Å²) in [6, 6.07) is 12.9. The van der Waals surface area contributed by atoms with Gasteiger partial charge in [0.1, 0.15) is 11.4 Å². The zero-order valence-corrected chi connectivity index (χ0v) is 12.1. The van der Waals surface area contributed by atoms with Gasteiger partial charge < -0.3 is 10.1 Å². The second-order valence-electron chi connectivity index (χ2n) is 4.81. The first-order valence-electron chi connectivity index (χ1n) is 6.72. The third kappa shape index (κ3) is 3.95. The molecule has 5 nitrogen and oxygen atoms in total. The van der Waals surface area contributed by atoms with Gasteiger partial charge in [-0.3, -0.25) is 10.1 Å². The van der Waals surface area contributed by atoms with Crippen molar-refractivity contribution in [1.82, 2.24) is 0 Å². The fourth-order valence-corrected chi connectivity index (χ4v) is 2.15. The molecule has 0 unspecified atom stereocenters. The monoisotopic (exact) mass is 286 g/mol. The van der Waals surface area contributed by atoms with E-state index in [9.17, 15) is 10.1 Å². The first-order chi connectivity index (χ1) is 10.1. The summed E-state index contributed by atoms with van der Waals surface area (Å²) in [5.74, 6) is 0.596. The smallest absolute Gasteiger partial charge is 0.292 e. The van der Waals surface area contributed by atoms with Crippen molar-refractivity contribution in [3.8, 4) is 5.75 Å². The molecular formula is C16H18N2O3. The number of nitrogens with one attached hydrogen (secondary N) is 1. The topological polar surface area (TPSA) is 64.4 Å². The Kier molecular flexibility index (Phi) is 4.77. The van der Waals surface area contributed by atoms with E-state index in [0.717, 1.165) is 6.42 Å². The summed E-state index contributed by atoms with van der Waals surface area (Å²) in [4.78, 5) is 10.6. The van der Waals surface area contributed by atoms with Crippen molar-refractivity contribution in [2.45, 2.75) is 13.3 Å². The molecule has 0 aliphatic heterocycles. The van der Waals surface area contributed by atoms with Crippen molar-refractivity contribution in [1.29, 1.82) is 0 Å². The first kappa shape index (κ1) is 14.8. The van der Waals surface area contributed by atoms with Crippen LogP contribution in [0.15, 0.2) is 42.5 Å². The second kappa shape index (κ2) is 6.74. The van der Waals surface area contributed by atoms with Gasteiger partial charge >= 0.3 is 0 Å². The molecule has 21 heavy (non-hydrogen) atoms. The lowest BCUT2D eigenvalue weighted by Crippen LogP contribution is -2.07. The average molecular weight is 286 g/mol. The zero-order valence-electron chi connectivity index (χ0n) is 12.1. The molecule has 2 aromatic carbocycles. The van der Waals surface area contributed by atoms with Crippen molar-refractivity contribution in [3.63, 3.8) is 0 Å². The summed E-state index contributed by atoms with van der Waals surface area (Å²) in [6.07, 6.45) is 0.802. The average Bonchev–Trinajstić information content (AvgIpc) is 2.47. The fourth-order valence-electron chi connectivity index (χ4n) is 2.15. The SMILES string of the molecule is COc1ccc([N+](=O)[O-])c(NCCc2cccc(C)c2)c1. The molecule has 0 aliphatic rings. The standard InChI is InChI=1S/C16H18N2O3/c1-12-4-3-5-13(10-12)8-9-17-15-11-14(21-2)6-7-16(15)18(19)20/h3-7,10-11,17H,8-9H2,1-2H3. The minimum absolute atomic E-state index is 0.0556. The van der Waals surface area contributed by atoms with E-state index in [4.69, 9.17) is 4.74 Å². The highest BCUT2D eigenvalue weighted by Gasteiger charge is 2.14. The van der Waals surface area contributed by atoms with Crippen LogP contribution in [-0.4, -0.2) is 18.6 Å². The first-order valence-corrected chi connectivity index (χ1v) is 6.72. The quantitative estimate of drug-likeness (QED) is 0.651. The molecular weight excluding hydrogens is 268 g/mol. The minimum atomic E-state index is -0.394. The van der Waals surface area contributed by atoms with Crippen molar-refractivity contribution < 1.29 is 9.66 Å². The molecule has 0 fully saturated rings. The Morgan fingerprint density at radius 1 is 1.24 bits per heavy atom. The highest BCUT2D eigenvalue weighted by Crippen LogP contribution is 2.28. The van der Waals surface area contributed by atoms with Gasteiger partial charge in [0.25, 0.3) is 5.69 Å². The molecule has 110 valence electrons. The Labute approximate surface area is 123 Å². The van der Waals surface area contributed by atoms with Crippen LogP contribution in [0.25, 0.3) is 0 Å². The van der Waals surface area contributed by atoms with E-state index in [1.54, 1.807) is 12.1 Å². The number of nitrogens with zero attached hydrogens (tertiary/aromatic N) is 1. The molecule has 0 heterocycles. The molecule has 0 spiro atoms. The molecule has 2 rings (SSSR count). The number of hydrogen-bond acceptors (Lipinski definition) is 4. The van der Waals surface area contributed by atoms with E-state index in [-0.39, 0.29) is 5.69 Å². The molecule has 0 aliphatic carbocycles. The fraction of sp³-hybridized carbons (Fsp3) is 0.250. The van der Waals surface area contributed by atoms with Gasteiger partial charge in [-0.2, -0.15) is 0 Å². The summed E-state index contributed by atoms with van der Waals surface area (Å²) in [5.41, 5.74) is 2.94. The molecule has 0 saturated heterocycles. The number of hydrogen-bond donors (Lipinski definition) is 1. The van der Waals surface area contributed by atoms with Gasteiger partial charge in [0.05, 0.1) is 12.0 Å². The van der Waals surface area contributed by atoms with E-state index in [1.165, 1.54) is 24.3 Å². The van der Waals surface area contributed by atoms with Gasteiger partial charge in [-0.15, -0.1) is 0 Å². The Hall–Kier alpha value is -2.56. The van der Waals surface area contributed by atoms with Gasteiger partial charge in [0, 0.05) is 18.7 Å². The van der Waals surface area contributed by atoms with Crippen molar-refractivity contribution >= 4 is 11.4 Å². The zero-order chi connectivity index (χ0) is 15.2. The van der Waals surface area contributed by atoms with Crippen molar-refractivity contribution in [2.24, 2.45) is 0 Å². The van der Waals surface area contributed by atoms with Gasteiger partial charge in [-0.05, 0) is 25.0 Å². The summed E-state index contributed by atoms with van der Waals surface area (Å²) < 4.78 is 5.11. The Morgan fingerprint density at radius 2 is 2.05 bits per heavy atom. The largest absolute Gasteiger partial charge is 0.497 e. The number of aryl methyl sites for hydroxylation is 1. The predicted octanol–water partition coefficient (Wildman–Crippen LogP) is 3.57. The van der Waals surface area contributed by atoms with E-state index < -0.39 is 4.92 Å². The maximum Gasteiger partial charge on any atom is 0.292 e.